The molecule has 0 aliphatic carbocycles. The molecule has 1 aromatic carbocycles. The first-order chi connectivity index (χ1) is 6.59. The van der Waals surface area contributed by atoms with Crippen LogP contribution in [0.15, 0.2) is 12.1 Å². The van der Waals surface area contributed by atoms with Gasteiger partial charge in [-0.05, 0) is 36.5 Å². The molecule has 0 N–H and O–H groups in total. The van der Waals surface area contributed by atoms with Crippen molar-refractivity contribution in [3.05, 3.63) is 28.8 Å². The van der Waals surface area contributed by atoms with Crippen LogP contribution in [0.25, 0.3) is 0 Å². The SMILES string of the molecule is CB1OCc2cc(C(C)=O)c(C)cc21. The Balaban J connectivity index is 2.55. The van der Waals surface area contributed by atoms with E-state index in [0.29, 0.717) is 6.61 Å². The maximum atomic E-state index is 11.3. The highest BCUT2D eigenvalue weighted by molar-refractivity contribution is 6.67. The molecule has 1 heterocycles. The van der Waals surface area contributed by atoms with Gasteiger partial charge in [0, 0.05) is 5.56 Å². The second-order valence-corrected chi connectivity index (χ2v) is 3.88. The zero-order valence-electron chi connectivity index (χ0n) is 8.76. The van der Waals surface area contributed by atoms with Gasteiger partial charge in [-0.25, -0.2) is 0 Å². The fourth-order valence-corrected chi connectivity index (χ4v) is 1.96. The average Bonchev–Trinajstić information content (AvgIpc) is 2.46. The van der Waals surface area contributed by atoms with Crippen molar-refractivity contribution in [2.75, 3.05) is 0 Å². The molecule has 0 saturated carbocycles. The van der Waals surface area contributed by atoms with E-state index in [0.717, 1.165) is 16.7 Å². The number of aryl methyl sites for hydroxylation is 1. The first kappa shape index (κ1) is 9.47. The summed E-state index contributed by atoms with van der Waals surface area (Å²) in [4.78, 5) is 11.3. The molecule has 0 aromatic heterocycles. The molecule has 0 bridgehead atoms. The van der Waals surface area contributed by atoms with Gasteiger partial charge in [-0.3, -0.25) is 4.79 Å². The van der Waals surface area contributed by atoms with Crippen LogP contribution < -0.4 is 5.46 Å². The monoisotopic (exact) mass is 188 g/mol. The van der Waals surface area contributed by atoms with Crippen molar-refractivity contribution in [1.29, 1.82) is 0 Å². The molecule has 1 aromatic rings. The van der Waals surface area contributed by atoms with E-state index in [2.05, 4.69) is 6.07 Å². The predicted molar refractivity (Wildman–Crippen MR) is 57.2 cm³/mol. The second kappa shape index (κ2) is 3.25. The van der Waals surface area contributed by atoms with E-state index in [1.165, 1.54) is 5.46 Å². The van der Waals surface area contributed by atoms with Crippen LogP contribution in [0.4, 0.5) is 0 Å². The number of benzene rings is 1. The molecule has 3 heteroatoms. The summed E-state index contributed by atoms with van der Waals surface area (Å²) in [6.45, 7) is 6.43. The lowest BCUT2D eigenvalue weighted by atomic mass is 9.63. The maximum Gasteiger partial charge on any atom is 0.324 e. The summed E-state index contributed by atoms with van der Waals surface area (Å²) in [7, 11) is 0. The second-order valence-electron chi connectivity index (χ2n) is 3.88. The van der Waals surface area contributed by atoms with Gasteiger partial charge in [-0.2, -0.15) is 0 Å². The van der Waals surface area contributed by atoms with Crippen molar-refractivity contribution < 1.29 is 9.45 Å². The number of hydrogen-bond donors (Lipinski definition) is 0. The molecule has 14 heavy (non-hydrogen) atoms. The molecule has 0 spiro atoms. The van der Waals surface area contributed by atoms with Gasteiger partial charge in [0.15, 0.2) is 5.78 Å². The largest absolute Gasteiger partial charge is 0.427 e. The van der Waals surface area contributed by atoms with Crippen LogP contribution in [0.2, 0.25) is 6.82 Å². The Kier molecular flexibility index (Phi) is 2.19. The summed E-state index contributed by atoms with van der Waals surface area (Å²) in [6.07, 6.45) is 0. The highest BCUT2D eigenvalue weighted by Gasteiger charge is 2.24. The van der Waals surface area contributed by atoms with E-state index >= 15 is 0 Å². The van der Waals surface area contributed by atoms with Crippen molar-refractivity contribution in [2.45, 2.75) is 27.3 Å². The number of carbonyl (C=O) groups excluding carboxylic acids is 1. The molecule has 1 aliphatic rings. The van der Waals surface area contributed by atoms with Crippen LogP contribution in [0.1, 0.15) is 28.4 Å². The van der Waals surface area contributed by atoms with Gasteiger partial charge in [0.2, 0.25) is 0 Å². The first-order valence-electron chi connectivity index (χ1n) is 4.85. The Morgan fingerprint density at radius 2 is 2.21 bits per heavy atom. The Hall–Kier alpha value is -1.09. The Morgan fingerprint density at radius 3 is 2.86 bits per heavy atom. The molecule has 2 nitrogen and oxygen atoms in total. The van der Waals surface area contributed by atoms with Crippen LogP contribution in [-0.2, 0) is 11.3 Å². The van der Waals surface area contributed by atoms with Gasteiger partial charge >= 0.3 is 6.92 Å². The van der Waals surface area contributed by atoms with Crippen LogP contribution >= 0.6 is 0 Å². The number of fused-ring (bicyclic) bond motifs is 1. The Bertz CT molecular complexity index is 399. The van der Waals surface area contributed by atoms with E-state index in [9.17, 15) is 4.79 Å². The third kappa shape index (κ3) is 1.38. The molecule has 0 amide bonds. The molecule has 2 rings (SSSR count). The molecule has 0 saturated heterocycles. The molecule has 72 valence electrons. The standard InChI is InChI=1S/C11H13BO2/c1-7-4-11-9(6-14-12(11)3)5-10(7)8(2)13/h4-5H,6H2,1-3H3. The highest BCUT2D eigenvalue weighted by Crippen LogP contribution is 2.16. The van der Waals surface area contributed by atoms with E-state index < -0.39 is 0 Å². The molecular formula is C11H13BO2. The fraction of sp³-hybridized carbons (Fsp3) is 0.364. The number of carbonyl (C=O) groups is 1. The minimum atomic E-state index is 0.129. The van der Waals surface area contributed by atoms with Gasteiger partial charge in [-0.15, -0.1) is 0 Å². The number of Topliss-reactive ketones (excluding diaryl/α,β-unsaturated/α-hetero) is 1. The number of ketones is 1. The fourth-order valence-electron chi connectivity index (χ4n) is 1.96. The summed E-state index contributed by atoms with van der Waals surface area (Å²) in [6, 6.07) is 4.04. The normalized spacial score (nSPS) is 14.4. The average molecular weight is 188 g/mol. The summed E-state index contributed by atoms with van der Waals surface area (Å²) in [5, 5.41) is 0. The molecule has 0 atom stereocenters. The van der Waals surface area contributed by atoms with Crippen molar-refractivity contribution in [3.8, 4) is 0 Å². The maximum absolute atomic E-state index is 11.3. The lowest BCUT2D eigenvalue weighted by molar-refractivity contribution is 0.101. The highest BCUT2D eigenvalue weighted by atomic mass is 16.4. The molecule has 0 fully saturated rings. The first-order valence-corrected chi connectivity index (χ1v) is 4.85. The van der Waals surface area contributed by atoms with Crippen LogP contribution in [0.5, 0.6) is 0 Å². The molecule has 0 radical (unpaired) electrons. The zero-order chi connectivity index (χ0) is 10.3. The van der Waals surface area contributed by atoms with Crippen molar-refractivity contribution in [1.82, 2.24) is 0 Å². The van der Waals surface area contributed by atoms with Crippen molar-refractivity contribution in [3.63, 3.8) is 0 Å². The lowest BCUT2D eigenvalue weighted by Gasteiger charge is -2.06. The Labute approximate surface area is 84.4 Å². The topological polar surface area (TPSA) is 26.3 Å². The lowest BCUT2D eigenvalue weighted by Crippen LogP contribution is -2.25. The third-order valence-corrected chi connectivity index (χ3v) is 2.79. The minimum absolute atomic E-state index is 0.129. The minimum Gasteiger partial charge on any atom is -0.427 e. The summed E-state index contributed by atoms with van der Waals surface area (Å²) in [5.74, 6) is 0.129. The van der Waals surface area contributed by atoms with Crippen molar-refractivity contribution >= 4 is 18.2 Å². The van der Waals surface area contributed by atoms with Gasteiger partial charge in [0.1, 0.15) is 0 Å². The summed E-state index contributed by atoms with van der Waals surface area (Å²) in [5.41, 5.74) is 4.26. The smallest absolute Gasteiger partial charge is 0.324 e. The van der Waals surface area contributed by atoms with Crippen LogP contribution in [0, 0.1) is 6.92 Å². The van der Waals surface area contributed by atoms with Gasteiger partial charge in [0.25, 0.3) is 0 Å². The van der Waals surface area contributed by atoms with E-state index in [-0.39, 0.29) is 12.7 Å². The summed E-state index contributed by atoms with van der Waals surface area (Å²) < 4.78 is 5.50. The van der Waals surface area contributed by atoms with Gasteiger partial charge in [0.05, 0.1) is 6.61 Å². The van der Waals surface area contributed by atoms with Gasteiger partial charge in [-0.1, -0.05) is 12.9 Å². The van der Waals surface area contributed by atoms with Crippen LogP contribution in [-0.4, -0.2) is 12.7 Å². The number of rotatable bonds is 1. The third-order valence-electron chi connectivity index (χ3n) is 2.79. The summed E-state index contributed by atoms with van der Waals surface area (Å²) >= 11 is 0. The van der Waals surface area contributed by atoms with E-state index in [1.54, 1.807) is 6.92 Å². The Morgan fingerprint density at radius 1 is 1.50 bits per heavy atom. The van der Waals surface area contributed by atoms with E-state index in [1.807, 2.05) is 19.8 Å². The van der Waals surface area contributed by atoms with E-state index in [4.69, 9.17) is 4.65 Å². The molecule has 1 aliphatic heterocycles. The zero-order valence-corrected chi connectivity index (χ0v) is 8.76. The number of hydrogen-bond acceptors (Lipinski definition) is 2. The van der Waals surface area contributed by atoms with Crippen molar-refractivity contribution in [2.24, 2.45) is 0 Å². The predicted octanol–water partition coefficient (Wildman–Crippen LogP) is 1.56. The molecule has 0 unspecified atom stereocenters. The quantitative estimate of drug-likeness (QED) is 0.493. The molecular weight excluding hydrogens is 175 g/mol. The van der Waals surface area contributed by atoms with Gasteiger partial charge < -0.3 is 4.65 Å². The van der Waals surface area contributed by atoms with Crippen LogP contribution in [0.3, 0.4) is 0 Å².